The predicted octanol–water partition coefficient (Wildman–Crippen LogP) is 4.81. The van der Waals surface area contributed by atoms with Crippen LogP contribution in [0.15, 0.2) is 53.0 Å². The summed E-state index contributed by atoms with van der Waals surface area (Å²) in [7, 11) is 0. The van der Waals surface area contributed by atoms with Crippen molar-refractivity contribution >= 4 is 33.2 Å². The van der Waals surface area contributed by atoms with Gasteiger partial charge in [-0.1, -0.05) is 39.7 Å². The number of hydrogen-bond acceptors (Lipinski definition) is 2. The first-order chi connectivity index (χ1) is 10.1. The quantitative estimate of drug-likeness (QED) is 0.795. The molecule has 110 valence electrons. The molecular weight excluding hydrogens is 350 g/mol. The molecule has 2 N–H and O–H groups in total. The van der Waals surface area contributed by atoms with E-state index in [-0.39, 0.29) is 6.61 Å². The Labute approximate surface area is 138 Å². The van der Waals surface area contributed by atoms with E-state index in [9.17, 15) is 5.11 Å². The van der Waals surface area contributed by atoms with Crippen molar-refractivity contribution in [3.05, 3.63) is 63.6 Å². The number of anilines is 1. The molecule has 1 saturated carbocycles. The zero-order chi connectivity index (χ0) is 14.9. The molecule has 0 bridgehead atoms. The topological polar surface area (TPSA) is 32.3 Å². The van der Waals surface area contributed by atoms with Crippen LogP contribution in [0.3, 0.4) is 0 Å². The standard InChI is InChI=1S/C17H17BrClNO/c18-14-5-9-16(10-6-14)20-17(11-21,12-1-2-12)13-3-7-15(19)8-4-13/h3-10,12,20-21H,1-2,11H2. The SMILES string of the molecule is OCC(Nc1ccc(Br)cc1)(c1ccc(Cl)cc1)C1CC1. The Balaban J connectivity index is 1.96. The lowest BCUT2D eigenvalue weighted by Crippen LogP contribution is -2.41. The Kier molecular flexibility index (Phi) is 4.25. The van der Waals surface area contributed by atoms with Gasteiger partial charge in [0.15, 0.2) is 0 Å². The zero-order valence-corrected chi connectivity index (χ0v) is 13.9. The van der Waals surface area contributed by atoms with Crippen LogP contribution in [-0.4, -0.2) is 11.7 Å². The van der Waals surface area contributed by atoms with E-state index < -0.39 is 5.54 Å². The van der Waals surface area contributed by atoms with E-state index in [0.717, 1.165) is 28.6 Å². The van der Waals surface area contributed by atoms with Gasteiger partial charge in [-0.25, -0.2) is 0 Å². The fraction of sp³-hybridized carbons (Fsp3) is 0.294. The molecule has 0 spiro atoms. The fourth-order valence-corrected chi connectivity index (χ4v) is 3.17. The largest absolute Gasteiger partial charge is 0.394 e. The third-order valence-electron chi connectivity index (χ3n) is 4.09. The Hall–Kier alpha value is -1.03. The highest BCUT2D eigenvalue weighted by atomic mass is 79.9. The van der Waals surface area contributed by atoms with Crippen molar-refractivity contribution in [3.8, 4) is 0 Å². The number of aliphatic hydroxyl groups excluding tert-OH is 1. The molecule has 4 heteroatoms. The molecule has 0 radical (unpaired) electrons. The monoisotopic (exact) mass is 365 g/mol. The summed E-state index contributed by atoms with van der Waals surface area (Å²) >= 11 is 9.43. The molecule has 2 nitrogen and oxygen atoms in total. The molecule has 1 unspecified atom stereocenters. The molecule has 1 atom stereocenters. The molecule has 1 aliphatic carbocycles. The first-order valence-electron chi connectivity index (χ1n) is 7.05. The van der Waals surface area contributed by atoms with Gasteiger partial charge < -0.3 is 10.4 Å². The maximum atomic E-state index is 10.1. The third kappa shape index (κ3) is 3.10. The molecule has 1 aliphatic rings. The molecule has 1 fully saturated rings. The van der Waals surface area contributed by atoms with Gasteiger partial charge in [-0.05, 0) is 60.7 Å². The molecule has 3 rings (SSSR count). The maximum Gasteiger partial charge on any atom is 0.0885 e. The molecule has 2 aromatic carbocycles. The van der Waals surface area contributed by atoms with Crippen LogP contribution in [0.25, 0.3) is 0 Å². The van der Waals surface area contributed by atoms with Gasteiger partial charge in [0, 0.05) is 15.2 Å². The summed E-state index contributed by atoms with van der Waals surface area (Å²) in [5, 5.41) is 14.4. The Morgan fingerprint density at radius 1 is 1.10 bits per heavy atom. The van der Waals surface area contributed by atoms with Crippen molar-refractivity contribution in [2.75, 3.05) is 11.9 Å². The van der Waals surface area contributed by atoms with E-state index in [2.05, 4.69) is 21.2 Å². The van der Waals surface area contributed by atoms with Crippen LogP contribution in [0.5, 0.6) is 0 Å². The summed E-state index contributed by atoms with van der Waals surface area (Å²) in [6, 6.07) is 15.8. The summed E-state index contributed by atoms with van der Waals surface area (Å²) in [5.74, 6) is 0.451. The fourth-order valence-electron chi connectivity index (χ4n) is 2.78. The van der Waals surface area contributed by atoms with E-state index in [4.69, 9.17) is 11.6 Å². The summed E-state index contributed by atoms with van der Waals surface area (Å²) in [6.07, 6.45) is 2.26. The van der Waals surface area contributed by atoms with E-state index >= 15 is 0 Å². The highest BCUT2D eigenvalue weighted by Crippen LogP contribution is 2.47. The summed E-state index contributed by atoms with van der Waals surface area (Å²) in [4.78, 5) is 0. The Morgan fingerprint density at radius 2 is 1.71 bits per heavy atom. The third-order valence-corrected chi connectivity index (χ3v) is 4.88. The van der Waals surface area contributed by atoms with Crippen molar-refractivity contribution in [3.63, 3.8) is 0 Å². The first-order valence-corrected chi connectivity index (χ1v) is 8.22. The summed E-state index contributed by atoms with van der Waals surface area (Å²) < 4.78 is 1.04. The minimum atomic E-state index is -0.432. The summed E-state index contributed by atoms with van der Waals surface area (Å²) in [5.41, 5.74) is 1.66. The molecule has 0 aliphatic heterocycles. The van der Waals surface area contributed by atoms with Gasteiger partial charge >= 0.3 is 0 Å². The second kappa shape index (κ2) is 5.99. The summed E-state index contributed by atoms with van der Waals surface area (Å²) in [6.45, 7) is 0.0648. The van der Waals surface area contributed by atoms with E-state index in [0.29, 0.717) is 10.9 Å². The van der Waals surface area contributed by atoms with Crippen molar-refractivity contribution in [2.45, 2.75) is 18.4 Å². The van der Waals surface area contributed by atoms with Gasteiger partial charge in [0.2, 0.25) is 0 Å². The van der Waals surface area contributed by atoms with Gasteiger partial charge in [-0.15, -0.1) is 0 Å². The molecule has 0 saturated heterocycles. The van der Waals surface area contributed by atoms with Gasteiger partial charge in [-0.2, -0.15) is 0 Å². The smallest absolute Gasteiger partial charge is 0.0885 e. The molecular formula is C17H17BrClNO. The lowest BCUT2D eigenvalue weighted by Gasteiger charge is -2.35. The highest BCUT2D eigenvalue weighted by molar-refractivity contribution is 9.10. The molecule has 0 aromatic heterocycles. The van der Waals surface area contributed by atoms with Crippen molar-refractivity contribution in [1.29, 1.82) is 0 Å². The molecule has 21 heavy (non-hydrogen) atoms. The van der Waals surface area contributed by atoms with Crippen LogP contribution in [0.4, 0.5) is 5.69 Å². The minimum absolute atomic E-state index is 0.0648. The van der Waals surface area contributed by atoms with E-state index in [1.165, 1.54) is 0 Å². The van der Waals surface area contributed by atoms with E-state index in [1.807, 2.05) is 48.5 Å². The zero-order valence-electron chi connectivity index (χ0n) is 11.5. The number of hydrogen-bond donors (Lipinski definition) is 2. The van der Waals surface area contributed by atoms with Gasteiger partial charge in [0.25, 0.3) is 0 Å². The van der Waals surface area contributed by atoms with Crippen molar-refractivity contribution < 1.29 is 5.11 Å². The van der Waals surface area contributed by atoms with Crippen LogP contribution in [-0.2, 0) is 5.54 Å². The predicted molar refractivity (Wildman–Crippen MR) is 90.7 cm³/mol. The average molecular weight is 367 g/mol. The van der Waals surface area contributed by atoms with Crippen LogP contribution < -0.4 is 5.32 Å². The van der Waals surface area contributed by atoms with Crippen LogP contribution in [0, 0.1) is 5.92 Å². The lowest BCUT2D eigenvalue weighted by molar-refractivity contribution is 0.193. The Morgan fingerprint density at radius 3 is 2.24 bits per heavy atom. The number of nitrogens with one attached hydrogen (secondary N) is 1. The molecule has 2 aromatic rings. The minimum Gasteiger partial charge on any atom is -0.394 e. The number of rotatable bonds is 5. The second-order valence-corrected chi connectivity index (χ2v) is 6.89. The van der Waals surface area contributed by atoms with Crippen molar-refractivity contribution in [2.24, 2.45) is 5.92 Å². The highest BCUT2D eigenvalue weighted by Gasteiger charge is 2.46. The second-order valence-electron chi connectivity index (χ2n) is 5.54. The normalized spacial score (nSPS) is 17.3. The van der Waals surface area contributed by atoms with Crippen LogP contribution >= 0.6 is 27.5 Å². The van der Waals surface area contributed by atoms with Crippen molar-refractivity contribution in [1.82, 2.24) is 0 Å². The van der Waals surface area contributed by atoms with Gasteiger partial charge in [-0.3, -0.25) is 0 Å². The molecule has 0 amide bonds. The number of benzene rings is 2. The van der Waals surface area contributed by atoms with Gasteiger partial charge in [0.1, 0.15) is 0 Å². The van der Waals surface area contributed by atoms with Crippen LogP contribution in [0.1, 0.15) is 18.4 Å². The number of aliphatic hydroxyl groups is 1. The Bertz CT molecular complexity index is 610. The molecule has 0 heterocycles. The lowest BCUT2D eigenvalue weighted by atomic mass is 9.85. The average Bonchev–Trinajstić information content (AvgIpc) is 3.33. The van der Waals surface area contributed by atoms with Crippen LogP contribution in [0.2, 0.25) is 5.02 Å². The number of halogens is 2. The van der Waals surface area contributed by atoms with E-state index in [1.54, 1.807) is 0 Å². The van der Waals surface area contributed by atoms with Gasteiger partial charge in [0.05, 0.1) is 12.1 Å². The first kappa shape index (κ1) is 14.9. The maximum absolute atomic E-state index is 10.1.